The second-order valence-corrected chi connectivity index (χ2v) is 6.87. The monoisotopic (exact) mass is 362 g/mol. The van der Waals surface area contributed by atoms with E-state index in [0.29, 0.717) is 5.56 Å². The zero-order valence-corrected chi connectivity index (χ0v) is 16.0. The Kier molecular flexibility index (Phi) is 6.32. The third-order valence-corrected chi connectivity index (χ3v) is 5.26. The molecule has 0 aromatic heterocycles. The molecule has 0 heterocycles. The minimum Gasteiger partial charge on any atom is -0.459 e. The number of esters is 1. The van der Waals surface area contributed by atoms with Crippen molar-refractivity contribution in [2.45, 2.75) is 50.2 Å². The van der Waals surface area contributed by atoms with Crippen LogP contribution in [0.3, 0.4) is 0 Å². The van der Waals surface area contributed by atoms with Crippen molar-refractivity contribution < 1.29 is 14.3 Å². The number of rotatable bonds is 5. The van der Waals surface area contributed by atoms with Gasteiger partial charge in [0.1, 0.15) is 6.10 Å². The summed E-state index contributed by atoms with van der Waals surface area (Å²) in [6.07, 6.45) is 3.93. The van der Waals surface area contributed by atoms with Crippen molar-refractivity contribution in [3.63, 3.8) is 0 Å². The van der Waals surface area contributed by atoms with Crippen molar-refractivity contribution in [2.75, 3.05) is 7.11 Å². The van der Waals surface area contributed by atoms with Gasteiger partial charge in [0.25, 0.3) is 5.60 Å². The van der Waals surface area contributed by atoms with Gasteiger partial charge in [0.2, 0.25) is 0 Å². The summed E-state index contributed by atoms with van der Waals surface area (Å²) in [5.41, 5.74) is 0.521. The van der Waals surface area contributed by atoms with Crippen molar-refractivity contribution in [1.29, 1.82) is 0 Å². The predicted molar refractivity (Wildman–Crippen MR) is 106 cm³/mol. The molecule has 1 aliphatic rings. The minimum absolute atomic E-state index is 0.162. The van der Waals surface area contributed by atoms with Gasteiger partial charge in [-0.05, 0) is 31.7 Å². The molecule has 2 aromatic rings. The molecule has 140 valence electrons. The first-order valence-corrected chi connectivity index (χ1v) is 9.52. The van der Waals surface area contributed by atoms with E-state index in [0.717, 1.165) is 25.7 Å². The molecule has 3 heteroatoms. The summed E-state index contributed by atoms with van der Waals surface area (Å²) in [6, 6.07) is 19.7. The average molecular weight is 362 g/mol. The molecule has 3 atom stereocenters. The van der Waals surface area contributed by atoms with Gasteiger partial charge >= 0.3 is 5.97 Å². The van der Waals surface area contributed by atoms with E-state index in [4.69, 9.17) is 9.47 Å². The van der Waals surface area contributed by atoms with E-state index in [9.17, 15) is 4.79 Å². The quantitative estimate of drug-likeness (QED) is 0.565. The molecule has 0 bridgehead atoms. The van der Waals surface area contributed by atoms with Crippen molar-refractivity contribution >= 4 is 5.97 Å². The van der Waals surface area contributed by atoms with Crippen LogP contribution in [0.5, 0.6) is 0 Å². The lowest BCUT2D eigenvalue weighted by atomic mass is 9.81. The van der Waals surface area contributed by atoms with Crippen LogP contribution in [0.15, 0.2) is 60.7 Å². The van der Waals surface area contributed by atoms with Gasteiger partial charge in [-0.2, -0.15) is 0 Å². The minimum atomic E-state index is -1.39. The molecule has 3 rings (SSSR count). The standard InChI is InChI=1S/C24H26O3/c1-3-18-24(26-2,20-14-8-5-9-15-20)23(25)27-22-17-11-10-16-21(22)19-12-6-4-7-13-19/h4-9,12-15,21-22H,10-11,16-17H2,1-2H3/t21-,22+,24-/m0/s1. The van der Waals surface area contributed by atoms with Gasteiger partial charge in [-0.3, -0.25) is 0 Å². The van der Waals surface area contributed by atoms with Crippen molar-refractivity contribution in [3.8, 4) is 11.8 Å². The second-order valence-electron chi connectivity index (χ2n) is 6.87. The Bertz CT molecular complexity index is 804. The van der Waals surface area contributed by atoms with E-state index >= 15 is 0 Å². The first-order chi connectivity index (χ1) is 13.2. The van der Waals surface area contributed by atoms with Crippen molar-refractivity contribution in [1.82, 2.24) is 0 Å². The topological polar surface area (TPSA) is 35.5 Å². The molecule has 2 aromatic carbocycles. The molecule has 0 radical (unpaired) electrons. The summed E-state index contributed by atoms with van der Waals surface area (Å²) in [5.74, 6) is 5.58. The Labute approximate surface area is 161 Å². The summed E-state index contributed by atoms with van der Waals surface area (Å²) in [4.78, 5) is 13.3. The SMILES string of the molecule is CC#C[C@@](OC)(C(=O)O[C@@H]1CCCC[C@H]1c1ccccc1)c1ccccc1. The highest BCUT2D eigenvalue weighted by Crippen LogP contribution is 2.37. The maximum Gasteiger partial charge on any atom is 0.356 e. The van der Waals surface area contributed by atoms with E-state index in [1.54, 1.807) is 6.92 Å². The Balaban J connectivity index is 1.89. The first-order valence-electron chi connectivity index (χ1n) is 9.52. The smallest absolute Gasteiger partial charge is 0.356 e. The fourth-order valence-electron chi connectivity index (χ4n) is 3.88. The molecule has 0 spiro atoms. The molecule has 0 unspecified atom stereocenters. The van der Waals surface area contributed by atoms with E-state index in [1.807, 2.05) is 48.5 Å². The average Bonchev–Trinajstić information content (AvgIpc) is 2.73. The van der Waals surface area contributed by atoms with Crippen LogP contribution < -0.4 is 0 Å². The number of benzene rings is 2. The molecule has 3 nitrogen and oxygen atoms in total. The first kappa shape index (κ1) is 19.2. The lowest BCUT2D eigenvalue weighted by molar-refractivity contribution is -0.171. The van der Waals surface area contributed by atoms with Gasteiger partial charge in [0.15, 0.2) is 0 Å². The number of hydrogen-bond donors (Lipinski definition) is 0. The maximum absolute atomic E-state index is 13.3. The highest BCUT2D eigenvalue weighted by molar-refractivity contribution is 5.85. The van der Waals surface area contributed by atoms with E-state index in [-0.39, 0.29) is 12.0 Å². The van der Waals surface area contributed by atoms with Crippen LogP contribution in [0.25, 0.3) is 0 Å². The molecule has 0 N–H and O–H groups in total. The van der Waals surface area contributed by atoms with Crippen LogP contribution in [-0.2, 0) is 19.9 Å². The molecule has 1 aliphatic carbocycles. The molecular weight excluding hydrogens is 336 g/mol. The van der Waals surface area contributed by atoms with E-state index in [2.05, 4.69) is 24.0 Å². The number of ether oxygens (including phenoxy) is 2. The summed E-state index contributed by atoms with van der Waals surface area (Å²) in [6.45, 7) is 1.71. The summed E-state index contributed by atoms with van der Waals surface area (Å²) < 4.78 is 11.7. The molecule has 1 saturated carbocycles. The molecule has 1 fully saturated rings. The van der Waals surface area contributed by atoms with Gasteiger partial charge in [-0.1, -0.05) is 73.0 Å². The Hall–Kier alpha value is -2.57. The Morgan fingerprint density at radius 1 is 1.00 bits per heavy atom. The highest BCUT2D eigenvalue weighted by Gasteiger charge is 2.43. The zero-order valence-electron chi connectivity index (χ0n) is 16.0. The number of carbonyl (C=O) groups is 1. The summed E-state index contributed by atoms with van der Waals surface area (Å²) >= 11 is 0. The van der Waals surface area contributed by atoms with E-state index in [1.165, 1.54) is 12.7 Å². The van der Waals surface area contributed by atoms with Gasteiger partial charge < -0.3 is 9.47 Å². The summed E-state index contributed by atoms with van der Waals surface area (Å²) in [7, 11) is 1.51. The fourth-order valence-corrected chi connectivity index (χ4v) is 3.88. The zero-order chi connectivity index (χ0) is 19.1. The van der Waals surface area contributed by atoms with Crippen molar-refractivity contribution in [3.05, 3.63) is 71.8 Å². The van der Waals surface area contributed by atoms with Crippen LogP contribution >= 0.6 is 0 Å². The third-order valence-electron chi connectivity index (χ3n) is 5.26. The molecule has 0 saturated heterocycles. The van der Waals surface area contributed by atoms with Gasteiger partial charge in [-0.25, -0.2) is 4.79 Å². The van der Waals surface area contributed by atoms with Gasteiger partial charge in [0.05, 0.1) is 0 Å². The van der Waals surface area contributed by atoms with Crippen molar-refractivity contribution in [2.24, 2.45) is 0 Å². The van der Waals surface area contributed by atoms with Gasteiger partial charge in [0, 0.05) is 18.6 Å². The predicted octanol–water partition coefficient (Wildman–Crippen LogP) is 4.82. The normalized spacial score (nSPS) is 21.4. The van der Waals surface area contributed by atoms with Crippen LogP contribution in [-0.4, -0.2) is 19.2 Å². The van der Waals surface area contributed by atoms with Gasteiger partial charge in [-0.15, -0.1) is 5.92 Å². The number of carbonyl (C=O) groups excluding carboxylic acids is 1. The summed E-state index contributed by atoms with van der Waals surface area (Å²) in [5, 5.41) is 0. The lowest BCUT2D eigenvalue weighted by Crippen LogP contribution is -2.42. The molecule has 27 heavy (non-hydrogen) atoms. The van der Waals surface area contributed by atoms with E-state index < -0.39 is 11.6 Å². The lowest BCUT2D eigenvalue weighted by Gasteiger charge is -2.34. The third kappa shape index (κ3) is 4.07. The second kappa shape index (κ2) is 8.88. The van der Waals surface area contributed by atoms with Crippen LogP contribution in [0, 0.1) is 11.8 Å². The Morgan fingerprint density at radius 2 is 1.63 bits per heavy atom. The number of hydrogen-bond acceptors (Lipinski definition) is 3. The van der Waals surface area contributed by atoms with Crippen LogP contribution in [0.4, 0.5) is 0 Å². The molecule has 0 amide bonds. The number of methoxy groups -OCH3 is 1. The highest BCUT2D eigenvalue weighted by atomic mass is 16.6. The maximum atomic E-state index is 13.3. The largest absolute Gasteiger partial charge is 0.459 e. The molecule has 0 aliphatic heterocycles. The molecular formula is C24H26O3. The Morgan fingerprint density at radius 3 is 2.26 bits per heavy atom. The van der Waals surface area contributed by atoms with Crippen LogP contribution in [0.1, 0.15) is 49.7 Å². The van der Waals surface area contributed by atoms with Crippen LogP contribution in [0.2, 0.25) is 0 Å². The fraction of sp³-hybridized carbons (Fsp3) is 0.375.